The molecule has 0 radical (unpaired) electrons. The lowest BCUT2D eigenvalue weighted by molar-refractivity contribution is 0.217. The molecule has 1 aromatic heterocycles. The van der Waals surface area contributed by atoms with Crippen LogP contribution in [0.25, 0.3) is 0 Å². The van der Waals surface area contributed by atoms with Crippen LogP contribution < -0.4 is 10.1 Å². The first-order valence-corrected chi connectivity index (χ1v) is 6.44. The number of nitrogens with one attached hydrogen (secondary N) is 1. The van der Waals surface area contributed by atoms with E-state index in [-0.39, 0.29) is 6.10 Å². The van der Waals surface area contributed by atoms with Crippen LogP contribution in [0, 0.1) is 5.92 Å². The molecule has 96 valence electrons. The molecule has 0 aromatic carbocycles. The van der Waals surface area contributed by atoms with E-state index in [0.717, 1.165) is 31.0 Å². The van der Waals surface area contributed by atoms with Crippen LogP contribution in [0.5, 0.6) is 5.75 Å². The zero-order valence-corrected chi connectivity index (χ0v) is 11.4. The molecule has 0 saturated heterocycles. The molecule has 3 heteroatoms. The second kappa shape index (κ2) is 7.28. The summed E-state index contributed by atoms with van der Waals surface area (Å²) in [5.74, 6) is 1.57. The fraction of sp³-hybridized carbons (Fsp3) is 0.643. The quantitative estimate of drug-likeness (QED) is 0.790. The van der Waals surface area contributed by atoms with E-state index in [1.54, 1.807) is 0 Å². The second-order valence-electron chi connectivity index (χ2n) is 4.84. The van der Waals surface area contributed by atoms with Gasteiger partial charge in [-0.3, -0.25) is 4.98 Å². The summed E-state index contributed by atoms with van der Waals surface area (Å²) in [5.41, 5.74) is 1.03. The maximum Gasteiger partial charge on any atom is 0.123 e. The Morgan fingerprint density at radius 3 is 2.76 bits per heavy atom. The molecule has 1 rings (SSSR count). The van der Waals surface area contributed by atoms with E-state index in [2.05, 4.69) is 38.0 Å². The lowest BCUT2D eigenvalue weighted by Gasteiger charge is -2.13. The number of aromatic nitrogens is 1. The van der Waals surface area contributed by atoms with E-state index in [4.69, 9.17) is 4.74 Å². The number of hydrogen-bond donors (Lipinski definition) is 1. The summed E-state index contributed by atoms with van der Waals surface area (Å²) in [6.45, 7) is 10.4. The van der Waals surface area contributed by atoms with Crippen LogP contribution in [-0.4, -0.2) is 17.6 Å². The van der Waals surface area contributed by atoms with Gasteiger partial charge in [0.25, 0.3) is 0 Å². The van der Waals surface area contributed by atoms with E-state index in [0.29, 0.717) is 5.92 Å². The van der Waals surface area contributed by atoms with Gasteiger partial charge in [-0.1, -0.05) is 20.8 Å². The molecule has 0 amide bonds. The first kappa shape index (κ1) is 14.0. The van der Waals surface area contributed by atoms with Crippen molar-refractivity contribution in [3.63, 3.8) is 0 Å². The van der Waals surface area contributed by atoms with Crippen molar-refractivity contribution >= 4 is 0 Å². The van der Waals surface area contributed by atoms with Crippen LogP contribution in [0.3, 0.4) is 0 Å². The molecule has 0 aliphatic carbocycles. The van der Waals surface area contributed by atoms with Gasteiger partial charge in [-0.25, -0.2) is 0 Å². The molecule has 1 atom stereocenters. The van der Waals surface area contributed by atoms with E-state index in [1.807, 2.05) is 18.3 Å². The van der Waals surface area contributed by atoms with Gasteiger partial charge in [0.15, 0.2) is 0 Å². The Balaban J connectivity index is 2.48. The van der Waals surface area contributed by atoms with E-state index in [9.17, 15) is 0 Å². The lowest BCUT2D eigenvalue weighted by Crippen LogP contribution is -2.19. The third-order valence-corrected chi connectivity index (χ3v) is 2.56. The topological polar surface area (TPSA) is 34.1 Å². The molecule has 0 aliphatic rings. The summed E-state index contributed by atoms with van der Waals surface area (Å²) in [7, 11) is 0. The summed E-state index contributed by atoms with van der Waals surface area (Å²) in [4.78, 5) is 4.33. The zero-order valence-electron chi connectivity index (χ0n) is 11.4. The molecule has 1 unspecified atom stereocenters. The van der Waals surface area contributed by atoms with Crippen LogP contribution in [0.1, 0.15) is 39.8 Å². The molecule has 0 bridgehead atoms. The predicted molar refractivity (Wildman–Crippen MR) is 71.2 cm³/mol. The minimum atomic E-state index is 0.258. The summed E-state index contributed by atoms with van der Waals surface area (Å²) in [5, 5.41) is 3.38. The van der Waals surface area contributed by atoms with Crippen molar-refractivity contribution < 1.29 is 4.74 Å². The van der Waals surface area contributed by atoms with Crippen molar-refractivity contribution in [1.29, 1.82) is 0 Å². The third kappa shape index (κ3) is 5.68. The molecular weight excluding hydrogens is 212 g/mol. The molecule has 0 spiro atoms. The number of rotatable bonds is 7. The van der Waals surface area contributed by atoms with Crippen molar-refractivity contribution in [2.75, 3.05) is 6.54 Å². The second-order valence-corrected chi connectivity index (χ2v) is 4.84. The van der Waals surface area contributed by atoms with Crippen molar-refractivity contribution in [2.24, 2.45) is 5.92 Å². The normalized spacial score (nSPS) is 12.8. The molecule has 1 aromatic rings. The molecule has 0 saturated carbocycles. The highest BCUT2D eigenvalue weighted by Gasteiger charge is 2.03. The monoisotopic (exact) mass is 236 g/mol. The Kier molecular flexibility index (Phi) is 5.98. The Hall–Kier alpha value is -1.09. The zero-order chi connectivity index (χ0) is 12.7. The van der Waals surface area contributed by atoms with Crippen LogP contribution in [-0.2, 0) is 6.54 Å². The maximum absolute atomic E-state index is 5.76. The van der Waals surface area contributed by atoms with Crippen molar-refractivity contribution in [1.82, 2.24) is 10.3 Å². The first-order valence-electron chi connectivity index (χ1n) is 6.44. The summed E-state index contributed by atoms with van der Waals surface area (Å²) in [6, 6.07) is 3.93. The van der Waals surface area contributed by atoms with Crippen molar-refractivity contribution in [3.8, 4) is 5.75 Å². The molecule has 0 aliphatic heterocycles. The standard InChI is InChI=1S/C14H24N2O/c1-5-12(4)17-14-6-7-16-13(8-14)10-15-9-11(2)3/h6-8,11-12,15H,5,9-10H2,1-4H3. The van der Waals surface area contributed by atoms with Gasteiger partial charge in [0.2, 0.25) is 0 Å². The van der Waals surface area contributed by atoms with E-state index >= 15 is 0 Å². The fourth-order valence-electron chi connectivity index (χ4n) is 1.43. The highest BCUT2D eigenvalue weighted by Crippen LogP contribution is 2.13. The van der Waals surface area contributed by atoms with Gasteiger partial charge >= 0.3 is 0 Å². The number of nitrogens with zero attached hydrogens (tertiary/aromatic N) is 1. The molecule has 1 N–H and O–H groups in total. The van der Waals surface area contributed by atoms with Crippen molar-refractivity contribution in [3.05, 3.63) is 24.0 Å². The number of ether oxygens (including phenoxy) is 1. The Morgan fingerprint density at radius 1 is 1.35 bits per heavy atom. The van der Waals surface area contributed by atoms with Gasteiger partial charge in [0.05, 0.1) is 11.8 Å². The summed E-state index contributed by atoms with van der Waals surface area (Å²) < 4.78 is 5.76. The predicted octanol–water partition coefficient (Wildman–Crippen LogP) is 3.00. The molecule has 0 fully saturated rings. The van der Waals surface area contributed by atoms with Crippen LogP contribution in [0.15, 0.2) is 18.3 Å². The van der Waals surface area contributed by atoms with Crippen LogP contribution in [0.4, 0.5) is 0 Å². The minimum absolute atomic E-state index is 0.258. The average Bonchev–Trinajstić information content (AvgIpc) is 2.29. The third-order valence-electron chi connectivity index (χ3n) is 2.56. The van der Waals surface area contributed by atoms with Crippen LogP contribution >= 0.6 is 0 Å². The highest BCUT2D eigenvalue weighted by molar-refractivity contribution is 5.22. The van der Waals surface area contributed by atoms with Crippen LogP contribution in [0.2, 0.25) is 0 Å². The smallest absolute Gasteiger partial charge is 0.123 e. The van der Waals surface area contributed by atoms with E-state index < -0.39 is 0 Å². The van der Waals surface area contributed by atoms with Gasteiger partial charge in [0.1, 0.15) is 5.75 Å². The fourth-order valence-corrected chi connectivity index (χ4v) is 1.43. The molecule has 3 nitrogen and oxygen atoms in total. The molecule has 1 heterocycles. The lowest BCUT2D eigenvalue weighted by atomic mass is 10.2. The highest BCUT2D eigenvalue weighted by atomic mass is 16.5. The number of hydrogen-bond acceptors (Lipinski definition) is 3. The Bertz CT molecular complexity index is 326. The van der Waals surface area contributed by atoms with Gasteiger partial charge in [0, 0.05) is 18.8 Å². The van der Waals surface area contributed by atoms with Gasteiger partial charge in [-0.15, -0.1) is 0 Å². The van der Waals surface area contributed by atoms with E-state index in [1.165, 1.54) is 0 Å². The summed E-state index contributed by atoms with van der Waals surface area (Å²) >= 11 is 0. The average molecular weight is 236 g/mol. The molecular formula is C14H24N2O. The molecule has 17 heavy (non-hydrogen) atoms. The largest absolute Gasteiger partial charge is 0.491 e. The number of pyridine rings is 1. The minimum Gasteiger partial charge on any atom is -0.491 e. The Labute approximate surface area is 105 Å². The summed E-state index contributed by atoms with van der Waals surface area (Å²) in [6.07, 6.45) is 3.08. The van der Waals surface area contributed by atoms with Gasteiger partial charge < -0.3 is 10.1 Å². The van der Waals surface area contributed by atoms with Gasteiger partial charge in [-0.2, -0.15) is 0 Å². The van der Waals surface area contributed by atoms with Crippen molar-refractivity contribution in [2.45, 2.75) is 46.8 Å². The SMILES string of the molecule is CCC(C)Oc1ccnc(CNCC(C)C)c1. The van der Waals surface area contributed by atoms with Gasteiger partial charge in [-0.05, 0) is 31.9 Å². The first-order chi connectivity index (χ1) is 8.11. The maximum atomic E-state index is 5.76. The Morgan fingerprint density at radius 2 is 2.12 bits per heavy atom.